The van der Waals surface area contributed by atoms with E-state index in [1.165, 1.54) is 13.2 Å². The van der Waals surface area contributed by atoms with Gasteiger partial charge >= 0.3 is 11.9 Å². The number of likely N-dealkylation sites (tertiary alicyclic amines) is 1. The number of ether oxygens (including phenoxy) is 1. The minimum atomic E-state index is -1.49. The molecule has 17 heteroatoms. The summed E-state index contributed by atoms with van der Waals surface area (Å²) in [7, 11) is 1.20. The number of primary amides is 1. The van der Waals surface area contributed by atoms with Crippen LogP contribution in [0.1, 0.15) is 138 Å². The van der Waals surface area contributed by atoms with E-state index in [0.717, 1.165) is 74.7 Å². The van der Waals surface area contributed by atoms with Crippen LogP contribution in [0.2, 0.25) is 0 Å². The molecule has 1 aromatic heterocycles. The highest BCUT2D eigenvalue weighted by Crippen LogP contribution is 2.34. The molecule has 3 aliphatic rings. The highest BCUT2D eigenvalue weighted by atomic mass is 16.5. The minimum Gasteiger partial charge on any atom is -0.476 e. The number of carboxylic acid groups (broad SMARTS) is 1. The molecule has 2 aliphatic carbocycles. The molecule has 1 aromatic rings. The number of aromatic carboxylic acids is 1. The maximum atomic E-state index is 14.5. The normalized spacial score (nSPS) is 19.8. The summed E-state index contributed by atoms with van der Waals surface area (Å²) in [6.07, 6.45) is 12.6. The lowest BCUT2D eigenvalue weighted by molar-refractivity contribution is -0.145. The SMILES string of the molecule is COC(=O)/C=C/CC[C@H](CC(=O)c1nccnc1C(=O)O)C(=O)N[C@H](C(=O)N1CC(=O)C[C@H]1C(=O)N[C@H](C(=O)C[C@H](C(N)=O)C1CCCCC1)C1CCCCC1)C(C)(C)C. The zero-order valence-electron chi connectivity index (χ0n) is 35.1. The quantitative estimate of drug-likeness (QED) is 0.0887. The molecule has 4 rings (SSSR count). The average Bonchev–Trinajstić information content (AvgIpc) is 3.63. The second kappa shape index (κ2) is 21.8. The van der Waals surface area contributed by atoms with Gasteiger partial charge in [-0.05, 0) is 55.8 Å². The number of carbonyl (C=O) groups excluding carboxylic acids is 8. The van der Waals surface area contributed by atoms with E-state index >= 15 is 0 Å². The number of methoxy groups -OCH3 is 1. The largest absolute Gasteiger partial charge is 0.476 e. The fourth-order valence-corrected chi connectivity index (χ4v) is 8.68. The predicted molar refractivity (Wildman–Crippen MR) is 216 cm³/mol. The molecule has 5 atom stereocenters. The Kier molecular flexibility index (Phi) is 17.2. The fraction of sp³-hybridized carbons (Fsp3) is 0.651. The predicted octanol–water partition coefficient (Wildman–Crippen LogP) is 3.28. The third-order valence-corrected chi connectivity index (χ3v) is 12.0. The molecule has 0 aromatic carbocycles. The van der Waals surface area contributed by atoms with Crippen molar-refractivity contribution in [2.75, 3.05) is 13.7 Å². The molecule has 17 nitrogen and oxygen atoms in total. The number of nitrogens with one attached hydrogen (secondary N) is 2. The van der Waals surface area contributed by atoms with E-state index in [1.54, 1.807) is 20.8 Å². The number of hydrogen-bond donors (Lipinski definition) is 4. The second-order valence-electron chi connectivity index (χ2n) is 17.4. The van der Waals surface area contributed by atoms with Gasteiger partial charge in [-0.2, -0.15) is 0 Å². The lowest BCUT2D eigenvalue weighted by Gasteiger charge is -2.37. The van der Waals surface area contributed by atoms with E-state index in [0.29, 0.717) is 12.8 Å². The van der Waals surface area contributed by atoms with Gasteiger partial charge in [-0.3, -0.25) is 33.6 Å². The Hall–Kier alpha value is -5.35. The third kappa shape index (κ3) is 12.8. The Morgan fingerprint density at radius 1 is 0.900 bits per heavy atom. The van der Waals surface area contributed by atoms with E-state index in [1.807, 2.05) is 0 Å². The molecule has 0 spiro atoms. The van der Waals surface area contributed by atoms with Gasteiger partial charge in [-0.15, -0.1) is 0 Å². The second-order valence-corrected chi connectivity index (χ2v) is 17.4. The van der Waals surface area contributed by atoms with E-state index in [-0.39, 0.29) is 43.3 Å². The first-order valence-corrected chi connectivity index (χ1v) is 21.0. The van der Waals surface area contributed by atoms with Crippen LogP contribution in [0.25, 0.3) is 0 Å². The Morgan fingerprint density at radius 2 is 1.50 bits per heavy atom. The van der Waals surface area contributed by atoms with E-state index in [4.69, 9.17) is 5.73 Å². The van der Waals surface area contributed by atoms with Crippen molar-refractivity contribution in [3.8, 4) is 0 Å². The Balaban J connectivity index is 1.57. The summed E-state index contributed by atoms with van der Waals surface area (Å²) in [6.45, 7) is 4.62. The molecule has 1 aliphatic heterocycles. The van der Waals surface area contributed by atoms with Crippen LogP contribution < -0.4 is 16.4 Å². The summed E-state index contributed by atoms with van der Waals surface area (Å²) in [5.74, 6) is -8.36. The van der Waals surface area contributed by atoms with Crippen LogP contribution in [0, 0.1) is 29.1 Å². The molecule has 60 heavy (non-hydrogen) atoms. The molecular formula is C43H60N6O11. The summed E-state index contributed by atoms with van der Waals surface area (Å²) >= 11 is 0. The molecule has 0 bridgehead atoms. The van der Waals surface area contributed by atoms with Gasteiger partial charge in [0.05, 0.1) is 19.7 Å². The zero-order valence-corrected chi connectivity index (χ0v) is 35.1. The molecule has 0 unspecified atom stereocenters. The molecule has 4 amide bonds. The van der Waals surface area contributed by atoms with E-state index in [9.17, 15) is 48.3 Å². The molecular weight excluding hydrogens is 777 g/mol. The fourth-order valence-electron chi connectivity index (χ4n) is 8.68. The molecule has 2 heterocycles. The highest BCUT2D eigenvalue weighted by molar-refractivity contribution is 6.05. The highest BCUT2D eigenvalue weighted by Gasteiger charge is 2.46. The number of nitrogens with two attached hydrogens (primary N) is 1. The number of amides is 4. The standard InChI is InChI=1S/C43H60N6O11/c1-43(2,3)37(48-39(55)27(17-11-12-18-33(53)60-4)21-31(51)35-36(42(58)59)46-20-19-45-35)41(57)49-24-28(50)22-30(49)40(56)47-34(26-15-9-6-10-16-26)32(52)23-29(38(44)54)25-13-7-5-8-14-25/h12,18-20,25-27,29-30,34,37H,5-11,13-17,21-24H2,1-4H3,(H2,44,54)(H,47,56)(H,48,55)(H,58,59)/b18-12+/t27-,29+,30+,34+,37-/m1/s1. The number of hydrogen-bond acceptors (Lipinski definition) is 12. The Bertz CT molecular complexity index is 1810. The summed E-state index contributed by atoms with van der Waals surface area (Å²) in [5, 5.41) is 15.2. The van der Waals surface area contributed by atoms with Gasteiger partial charge in [-0.1, -0.05) is 65.4 Å². The van der Waals surface area contributed by atoms with E-state index < -0.39 is 107 Å². The van der Waals surface area contributed by atoms with Crippen molar-refractivity contribution in [3.05, 3.63) is 35.9 Å². The number of nitrogens with zero attached hydrogens (tertiary/aromatic N) is 3. The van der Waals surface area contributed by atoms with Crippen LogP contribution in [-0.4, -0.2) is 105 Å². The van der Waals surface area contributed by atoms with Gasteiger partial charge in [-0.25, -0.2) is 19.6 Å². The summed E-state index contributed by atoms with van der Waals surface area (Å²) in [4.78, 5) is 128. The molecule has 328 valence electrons. The minimum absolute atomic E-state index is 0.0139. The molecule has 3 fully saturated rings. The van der Waals surface area contributed by atoms with Gasteiger partial charge in [0, 0.05) is 49.6 Å². The Morgan fingerprint density at radius 3 is 2.07 bits per heavy atom. The van der Waals surface area contributed by atoms with Crippen molar-refractivity contribution in [2.45, 2.75) is 135 Å². The summed E-state index contributed by atoms with van der Waals surface area (Å²) < 4.78 is 4.61. The lowest BCUT2D eigenvalue weighted by Crippen LogP contribution is -2.59. The average molecular weight is 837 g/mol. The number of allylic oxidation sites excluding steroid dienone is 1. The lowest BCUT2D eigenvalue weighted by atomic mass is 9.75. The zero-order chi connectivity index (χ0) is 44.1. The number of carbonyl (C=O) groups is 9. The molecule has 2 saturated carbocycles. The van der Waals surface area contributed by atoms with Crippen molar-refractivity contribution in [2.24, 2.45) is 34.8 Å². The first-order chi connectivity index (χ1) is 28.4. The number of ketones is 3. The van der Waals surface area contributed by atoms with Crippen molar-refractivity contribution >= 4 is 52.9 Å². The van der Waals surface area contributed by atoms with Gasteiger partial charge in [0.25, 0.3) is 0 Å². The molecule has 0 radical (unpaired) electrons. The van der Waals surface area contributed by atoms with Crippen molar-refractivity contribution in [1.29, 1.82) is 0 Å². The van der Waals surface area contributed by atoms with Crippen LogP contribution in [-0.2, 0) is 38.3 Å². The number of aromatic nitrogens is 2. The number of carboxylic acids is 1. The van der Waals surface area contributed by atoms with Crippen molar-refractivity contribution in [3.63, 3.8) is 0 Å². The van der Waals surface area contributed by atoms with Gasteiger partial charge in [0.15, 0.2) is 23.0 Å². The number of esters is 1. The first-order valence-electron chi connectivity index (χ1n) is 21.0. The molecule has 1 saturated heterocycles. The number of rotatable bonds is 19. The topological polar surface area (TPSA) is 262 Å². The summed E-state index contributed by atoms with van der Waals surface area (Å²) in [5.41, 5.74) is 3.79. The maximum Gasteiger partial charge on any atom is 0.356 e. The van der Waals surface area contributed by atoms with Crippen LogP contribution in [0.15, 0.2) is 24.5 Å². The van der Waals surface area contributed by atoms with Crippen molar-refractivity contribution < 1.29 is 53.0 Å². The monoisotopic (exact) mass is 836 g/mol. The maximum absolute atomic E-state index is 14.5. The van der Waals surface area contributed by atoms with Crippen molar-refractivity contribution in [1.82, 2.24) is 25.5 Å². The first kappa shape index (κ1) is 47.3. The third-order valence-electron chi connectivity index (χ3n) is 12.0. The van der Waals surface area contributed by atoms with Crippen LogP contribution in [0.3, 0.4) is 0 Å². The smallest absolute Gasteiger partial charge is 0.356 e. The number of Topliss-reactive ketones (excluding diaryl/α,β-unsaturated/α-hetero) is 3. The van der Waals surface area contributed by atoms with Crippen LogP contribution in [0.5, 0.6) is 0 Å². The van der Waals surface area contributed by atoms with Crippen LogP contribution >= 0.6 is 0 Å². The summed E-state index contributed by atoms with van der Waals surface area (Å²) in [6, 6.07) is -3.55. The van der Waals surface area contributed by atoms with Gasteiger partial charge in [0.2, 0.25) is 23.6 Å². The van der Waals surface area contributed by atoms with Gasteiger partial charge < -0.3 is 31.1 Å². The van der Waals surface area contributed by atoms with Crippen LogP contribution in [0.4, 0.5) is 0 Å². The molecule has 5 N–H and O–H groups in total. The van der Waals surface area contributed by atoms with Gasteiger partial charge in [0.1, 0.15) is 17.8 Å². The van der Waals surface area contributed by atoms with E-state index in [2.05, 4.69) is 25.3 Å². The Labute approximate surface area is 350 Å².